The number of carbonyl (C=O) groups excluding carboxylic acids is 1. The first-order valence-corrected chi connectivity index (χ1v) is 4.51. The fourth-order valence-electron chi connectivity index (χ4n) is 1.70. The van der Waals surface area contributed by atoms with Crippen molar-refractivity contribution in [2.75, 3.05) is 13.1 Å². The molecule has 1 aliphatic heterocycles. The number of hydrogen-bond acceptors (Lipinski definition) is 3. The number of likely N-dealkylation sites (tertiary alicyclic amines) is 1. The quantitative estimate of drug-likeness (QED) is 0.659. The molecule has 0 bridgehead atoms. The smallest absolute Gasteiger partial charge is 0.407 e. The van der Waals surface area contributed by atoms with Gasteiger partial charge in [0.05, 0.1) is 6.07 Å². The molecule has 1 fully saturated rings. The van der Waals surface area contributed by atoms with Gasteiger partial charge in [0.1, 0.15) is 12.2 Å². The number of rotatable bonds is 2. The van der Waals surface area contributed by atoms with Crippen LogP contribution >= 0.6 is 0 Å². The molecule has 0 aliphatic carbocycles. The van der Waals surface area contributed by atoms with E-state index >= 15 is 0 Å². The van der Waals surface area contributed by atoms with Gasteiger partial charge in [0.25, 0.3) is 0 Å². The molecule has 76 valence electrons. The first-order valence-electron chi connectivity index (χ1n) is 4.51. The van der Waals surface area contributed by atoms with Crippen LogP contribution in [-0.2, 0) is 4.79 Å². The second-order valence-corrected chi connectivity index (χ2v) is 3.40. The van der Waals surface area contributed by atoms with E-state index in [1.807, 2.05) is 6.07 Å². The van der Waals surface area contributed by atoms with Gasteiger partial charge in [-0.25, -0.2) is 4.79 Å². The highest BCUT2D eigenvalue weighted by molar-refractivity contribution is 5.65. The topological polar surface area (TPSA) is 81.4 Å². The molecule has 1 aliphatic rings. The molecule has 0 aromatic rings. The van der Waals surface area contributed by atoms with Gasteiger partial charge in [0.15, 0.2) is 0 Å². The maximum absolute atomic E-state index is 10.6. The molecule has 0 spiro atoms. The van der Waals surface area contributed by atoms with E-state index in [2.05, 4.69) is 0 Å². The van der Waals surface area contributed by atoms with Crippen molar-refractivity contribution in [1.82, 2.24) is 4.90 Å². The third kappa shape index (κ3) is 2.22. The number of carboxylic acid groups (broad SMARTS) is 1. The Hall–Kier alpha value is -1.57. The van der Waals surface area contributed by atoms with Gasteiger partial charge in [-0.05, 0) is 18.8 Å². The monoisotopic (exact) mass is 196 g/mol. The standard InChI is InChI=1S/C9H12N2O3/c10-5-8(6-12)7-1-3-11(4-2-7)9(13)14/h6-8H,1-4H2,(H,13,14). The zero-order chi connectivity index (χ0) is 10.6. The molecule has 14 heavy (non-hydrogen) atoms. The number of piperidine rings is 1. The van der Waals surface area contributed by atoms with Gasteiger partial charge < -0.3 is 14.8 Å². The van der Waals surface area contributed by atoms with E-state index in [0.717, 1.165) is 0 Å². The number of nitrogens with zero attached hydrogens (tertiary/aromatic N) is 2. The van der Waals surface area contributed by atoms with E-state index in [-0.39, 0.29) is 5.92 Å². The highest BCUT2D eigenvalue weighted by atomic mass is 16.4. The van der Waals surface area contributed by atoms with Crippen molar-refractivity contribution in [1.29, 1.82) is 5.26 Å². The lowest BCUT2D eigenvalue weighted by Gasteiger charge is -2.30. The Morgan fingerprint density at radius 3 is 2.50 bits per heavy atom. The molecule has 5 heteroatoms. The summed E-state index contributed by atoms with van der Waals surface area (Å²) in [4.78, 5) is 22.4. The van der Waals surface area contributed by atoms with Gasteiger partial charge >= 0.3 is 6.09 Å². The average Bonchev–Trinajstić information content (AvgIpc) is 2.20. The summed E-state index contributed by atoms with van der Waals surface area (Å²) in [5.74, 6) is -0.556. The van der Waals surface area contributed by atoms with Crippen molar-refractivity contribution in [2.24, 2.45) is 11.8 Å². The minimum Gasteiger partial charge on any atom is -0.465 e. The molecule has 1 unspecified atom stereocenters. The van der Waals surface area contributed by atoms with E-state index in [1.54, 1.807) is 0 Å². The normalized spacial score (nSPS) is 19.8. The summed E-state index contributed by atoms with van der Waals surface area (Å²) in [6, 6.07) is 1.93. The van der Waals surface area contributed by atoms with Gasteiger partial charge in [0.2, 0.25) is 0 Å². The van der Waals surface area contributed by atoms with E-state index < -0.39 is 12.0 Å². The summed E-state index contributed by atoms with van der Waals surface area (Å²) >= 11 is 0. The van der Waals surface area contributed by atoms with Crippen molar-refractivity contribution in [3.8, 4) is 6.07 Å². The summed E-state index contributed by atoms with van der Waals surface area (Å²) in [6.45, 7) is 0.845. The molecule has 1 rings (SSSR count). The van der Waals surface area contributed by atoms with Gasteiger partial charge in [-0.3, -0.25) is 0 Å². The van der Waals surface area contributed by atoms with Crippen LogP contribution in [0.4, 0.5) is 4.79 Å². The Kier molecular flexibility index (Phi) is 3.46. The largest absolute Gasteiger partial charge is 0.465 e. The van der Waals surface area contributed by atoms with Crippen LogP contribution in [0.3, 0.4) is 0 Å². The summed E-state index contributed by atoms with van der Waals surface area (Å²) in [5.41, 5.74) is 0. The third-order valence-electron chi connectivity index (χ3n) is 2.61. The number of aldehydes is 1. The molecule has 1 N–H and O–H groups in total. The molecule has 1 amide bonds. The summed E-state index contributed by atoms with van der Waals surface area (Å²) in [5, 5.41) is 17.3. The number of nitriles is 1. The molecule has 1 atom stereocenters. The lowest BCUT2D eigenvalue weighted by Crippen LogP contribution is -2.39. The van der Waals surface area contributed by atoms with Crippen molar-refractivity contribution in [3.63, 3.8) is 0 Å². The van der Waals surface area contributed by atoms with E-state index in [4.69, 9.17) is 10.4 Å². The lowest BCUT2D eigenvalue weighted by atomic mass is 9.86. The third-order valence-corrected chi connectivity index (χ3v) is 2.61. The first kappa shape index (κ1) is 10.5. The molecular formula is C9H12N2O3. The molecule has 0 aromatic carbocycles. The van der Waals surface area contributed by atoms with Crippen LogP contribution in [0.25, 0.3) is 0 Å². The van der Waals surface area contributed by atoms with Crippen LogP contribution in [0.1, 0.15) is 12.8 Å². The van der Waals surface area contributed by atoms with Crippen molar-refractivity contribution in [2.45, 2.75) is 12.8 Å². The van der Waals surface area contributed by atoms with Gasteiger partial charge in [-0.15, -0.1) is 0 Å². The van der Waals surface area contributed by atoms with Crippen LogP contribution in [0.5, 0.6) is 0 Å². The highest BCUT2D eigenvalue weighted by Crippen LogP contribution is 2.23. The van der Waals surface area contributed by atoms with Crippen LogP contribution < -0.4 is 0 Å². The minimum absolute atomic E-state index is 0.0214. The molecule has 0 radical (unpaired) electrons. The lowest BCUT2D eigenvalue weighted by molar-refractivity contribution is -0.111. The van der Waals surface area contributed by atoms with Gasteiger partial charge in [-0.2, -0.15) is 5.26 Å². The van der Waals surface area contributed by atoms with E-state index in [1.165, 1.54) is 4.90 Å². The fraction of sp³-hybridized carbons (Fsp3) is 0.667. The molecule has 5 nitrogen and oxygen atoms in total. The van der Waals surface area contributed by atoms with Crippen LogP contribution in [0.15, 0.2) is 0 Å². The Bertz CT molecular complexity index is 264. The first-order chi connectivity index (χ1) is 6.69. The second kappa shape index (κ2) is 4.61. The van der Waals surface area contributed by atoms with Gasteiger partial charge in [0, 0.05) is 13.1 Å². The maximum Gasteiger partial charge on any atom is 0.407 e. The van der Waals surface area contributed by atoms with Crippen molar-refractivity contribution < 1.29 is 14.7 Å². The predicted molar refractivity (Wildman–Crippen MR) is 47.5 cm³/mol. The number of amides is 1. The Morgan fingerprint density at radius 2 is 2.14 bits per heavy atom. The summed E-state index contributed by atoms with van der Waals surface area (Å²) in [7, 11) is 0. The molecule has 0 aromatic heterocycles. The Balaban J connectivity index is 2.47. The molecular weight excluding hydrogens is 184 g/mol. The minimum atomic E-state index is -0.928. The highest BCUT2D eigenvalue weighted by Gasteiger charge is 2.27. The average molecular weight is 196 g/mol. The molecule has 1 saturated heterocycles. The van der Waals surface area contributed by atoms with Crippen molar-refractivity contribution >= 4 is 12.4 Å². The van der Waals surface area contributed by atoms with Crippen molar-refractivity contribution in [3.05, 3.63) is 0 Å². The van der Waals surface area contributed by atoms with E-state index in [0.29, 0.717) is 32.2 Å². The second-order valence-electron chi connectivity index (χ2n) is 3.40. The molecule has 0 saturated carbocycles. The zero-order valence-electron chi connectivity index (χ0n) is 7.72. The van der Waals surface area contributed by atoms with Crippen LogP contribution in [0, 0.1) is 23.2 Å². The molecule has 1 heterocycles. The SMILES string of the molecule is N#CC(C=O)C1CCN(C(=O)O)CC1. The Morgan fingerprint density at radius 1 is 1.57 bits per heavy atom. The number of carbonyl (C=O) groups is 2. The van der Waals surface area contributed by atoms with E-state index in [9.17, 15) is 9.59 Å². The van der Waals surface area contributed by atoms with Crippen LogP contribution in [-0.4, -0.2) is 35.5 Å². The summed E-state index contributed by atoms with van der Waals surface area (Å²) in [6.07, 6.45) is 0.927. The zero-order valence-corrected chi connectivity index (χ0v) is 7.72. The number of hydrogen-bond donors (Lipinski definition) is 1. The fourth-order valence-corrected chi connectivity index (χ4v) is 1.70. The Labute approximate surface area is 81.9 Å². The van der Waals surface area contributed by atoms with Gasteiger partial charge in [-0.1, -0.05) is 0 Å². The van der Waals surface area contributed by atoms with Crippen LogP contribution in [0.2, 0.25) is 0 Å². The maximum atomic E-state index is 10.6. The predicted octanol–water partition coefficient (Wildman–Crippen LogP) is 0.715. The summed E-state index contributed by atoms with van der Waals surface area (Å²) < 4.78 is 0.